The Morgan fingerprint density at radius 3 is 2.10 bits per heavy atom. The third-order valence-corrected chi connectivity index (χ3v) is 4.52. The van der Waals surface area contributed by atoms with Crippen molar-refractivity contribution >= 4 is 0 Å². The first-order valence-electron chi connectivity index (χ1n) is 8.63. The fraction of sp³-hybridized carbons (Fsp3) is 0.737. The van der Waals surface area contributed by atoms with Crippen LogP contribution < -0.4 is 0 Å². The molecule has 1 aromatic heterocycles. The molecule has 1 heterocycles. The van der Waals surface area contributed by atoms with E-state index in [0.29, 0.717) is 5.41 Å². The van der Waals surface area contributed by atoms with Gasteiger partial charge >= 0.3 is 0 Å². The van der Waals surface area contributed by atoms with Crippen LogP contribution >= 0.6 is 0 Å². The van der Waals surface area contributed by atoms with Crippen LogP contribution in [0.2, 0.25) is 0 Å². The smallest absolute Gasteiger partial charge is 0.0305 e. The maximum absolute atomic E-state index is 4.34. The molecule has 1 atom stereocenters. The zero-order valence-electron chi connectivity index (χ0n) is 13.8. The van der Waals surface area contributed by atoms with Gasteiger partial charge in [0, 0.05) is 12.4 Å². The number of nitrogens with zero attached hydrogens (tertiary/aromatic N) is 1. The molecule has 0 aliphatic heterocycles. The molecule has 0 aromatic carbocycles. The first kappa shape index (κ1) is 17.2. The molecule has 114 valence electrons. The van der Waals surface area contributed by atoms with Crippen LogP contribution in [-0.2, 0) is 5.41 Å². The summed E-state index contributed by atoms with van der Waals surface area (Å²) in [5.74, 6) is 0. The number of pyridine rings is 1. The molecule has 0 spiro atoms. The van der Waals surface area contributed by atoms with E-state index < -0.39 is 0 Å². The summed E-state index contributed by atoms with van der Waals surface area (Å²) in [7, 11) is 0. The van der Waals surface area contributed by atoms with E-state index in [1.54, 1.807) is 0 Å². The van der Waals surface area contributed by atoms with E-state index in [0.717, 1.165) is 0 Å². The molecule has 0 bridgehead atoms. The number of unbranched alkanes of at least 4 members (excludes halogenated alkanes) is 6. The van der Waals surface area contributed by atoms with Crippen LogP contribution in [0.15, 0.2) is 24.5 Å². The quantitative estimate of drug-likeness (QED) is 0.433. The van der Waals surface area contributed by atoms with Crippen LogP contribution in [0.4, 0.5) is 0 Å². The molecule has 1 unspecified atom stereocenters. The molecule has 0 amide bonds. The van der Waals surface area contributed by atoms with Crippen molar-refractivity contribution in [3.63, 3.8) is 0 Å². The summed E-state index contributed by atoms with van der Waals surface area (Å²) in [6, 6.07) is 4.36. The van der Waals surface area contributed by atoms with Crippen molar-refractivity contribution in [2.24, 2.45) is 0 Å². The van der Waals surface area contributed by atoms with Gasteiger partial charge in [0.2, 0.25) is 0 Å². The van der Waals surface area contributed by atoms with Crippen molar-refractivity contribution in [3.8, 4) is 0 Å². The summed E-state index contributed by atoms with van der Waals surface area (Å²) >= 11 is 0. The van der Waals surface area contributed by atoms with Gasteiger partial charge in [0.25, 0.3) is 0 Å². The molecule has 0 saturated carbocycles. The van der Waals surface area contributed by atoms with Gasteiger partial charge in [0.15, 0.2) is 0 Å². The van der Waals surface area contributed by atoms with Crippen molar-refractivity contribution in [2.75, 3.05) is 0 Å². The maximum atomic E-state index is 4.34. The second-order valence-electron chi connectivity index (χ2n) is 6.42. The third kappa shape index (κ3) is 6.07. The average Bonchev–Trinajstić information content (AvgIpc) is 2.48. The molecule has 1 nitrogen and oxygen atoms in total. The fourth-order valence-corrected chi connectivity index (χ4v) is 3.02. The van der Waals surface area contributed by atoms with Crippen molar-refractivity contribution < 1.29 is 0 Å². The molecule has 0 aliphatic carbocycles. The predicted octanol–water partition coefficient (Wildman–Crippen LogP) is 6.28. The Kier molecular flexibility index (Phi) is 8.57. The van der Waals surface area contributed by atoms with E-state index in [-0.39, 0.29) is 0 Å². The molecule has 20 heavy (non-hydrogen) atoms. The predicted molar refractivity (Wildman–Crippen MR) is 89.1 cm³/mol. The minimum absolute atomic E-state index is 0.329. The molecule has 1 heteroatoms. The summed E-state index contributed by atoms with van der Waals surface area (Å²) in [5, 5.41) is 0. The van der Waals surface area contributed by atoms with Gasteiger partial charge < -0.3 is 0 Å². The van der Waals surface area contributed by atoms with Gasteiger partial charge in [-0.3, -0.25) is 4.98 Å². The van der Waals surface area contributed by atoms with E-state index >= 15 is 0 Å². The summed E-state index contributed by atoms with van der Waals surface area (Å²) in [5.41, 5.74) is 1.77. The number of hydrogen-bond acceptors (Lipinski definition) is 1. The topological polar surface area (TPSA) is 12.9 Å². The Morgan fingerprint density at radius 1 is 0.900 bits per heavy atom. The minimum atomic E-state index is 0.329. The lowest BCUT2D eigenvalue weighted by atomic mass is 9.75. The van der Waals surface area contributed by atoms with Crippen LogP contribution in [0, 0.1) is 0 Å². The molecule has 1 rings (SSSR count). The van der Waals surface area contributed by atoms with E-state index in [4.69, 9.17) is 0 Å². The molecule has 0 N–H and O–H groups in total. The highest BCUT2D eigenvalue weighted by atomic mass is 14.6. The Bertz CT molecular complexity index is 333. The third-order valence-electron chi connectivity index (χ3n) is 4.52. The minimum Gasteiger partial charge on any atom is -0.264 e. The van der Waals surface area contributed by atoms with Gasteiger partial charge in [0.1, 0.15) is 0 Å². The molecular formula is C19H33N. The number of aromatic nitrogens is 1. The number of rotatable bonds is 11. The van der Waals surface area contributed by atoms with Crippen molar-refractivity contribution in [2.45, 2.75) is 90.4 Å². The Hall–Kier alpha value is -0.850. The van der Waals surface area contributed by atoms with Gasteiger partial charge in [-0.25, -0.2) is 0 Å². The van der Waals surface area contributed by atoms with Crippen LogP contribution in [0.1, 0.15) is 90.5 Å². The Morgan fingerprint density at radius 2 is 1.50 bits per heavy atom. The molecule has 0 radical (unpaired) electrons. The highest BCUT2D eigenvalue weighted by Crippen LogP contribution is 2.34. The maximum Gasteiger partial charge on any atom is 0.0305 e. The second kappa shape index (κ2) is 9.96. The first-order valence-corrected chi connectivity index (χ1v) is 8.63. The molecule has 1 aromatic rings. The lowest BCUT2D eigenvalue weighted by Crippen LogP contribution is -2.22. The van der Waals surface area contributed by atoms with E-state index in [2.05, 4.69) is 44.1 Å². The van der Waals surface area contributed by atoms with Crippen LogP contribution in [-0.4, -0.2) is 4.98 Å². The first-order chi connectivity index (χ1) is 9.73. The summed E-state index contributed by atoms with van der Waals surface area (Å²) in [6.45, 7) is 7.01. The van der Waals surface area contributed by atoms with Gasteiger partial charge in [-0.15, -0.1) is 0 Å². The molecule has 0 aliphatic rings. The van der Waals surface area contributed by atoms with Crippen molar-refractivity contribution in [1.29, 1.82) is 0 Å². The van der Waals surface area contributed by atoms with Crippen molar-refractivity contribution in [1.82, 2.24) is 4.98 Å². The Labute approximate surface area is 126 Å². The van der Waals surface area contributed by atoms with E-state index in [9.17, 15) is 0 Å². The highest BCUT2D eigenvalue weighted by molar-refractivity contribution is 5.20. The molecular weight excluding hydrogens is 242 g/mol. The fourth-order valence-electron chi connectivity index (χ4n) is 3.02. The van der Waals surface area contributed by atoms with Gasteiger partial charge in [0.05, 0.1) is 0 Å². The van der Waals surface area contributed by atoms with Gasteiger partial charge in [-0.1, -0.05) is 78.2 Å². The average molecular weight is 275 g/mol. The summed E-state index contributed by atoms with van der Waals surface area (Å²) in [6.07, 6.45) is 17.4. The van der Waals surface area contributed by atoms with Crippen LogP contribution in [0.3, 0.4) is 0 Å². The summed E-state index contributed by atoms with van der Waals surface area (Å²) < 4.78 is 0. The SMILES string of the molecule is CCCCCCCC(C)(CCCCC)c1cccnc1. The highest BCUT2D eigenvalue weighted by Gasteiger charge is 2.25. The van der Waals surface area contributed by atoms with Gasteiger partial charge in [-0.05, 0) is 29.9 Å². The van der Waals surface area contributed by atoms with Crippen LogP contribution in [0.25, 0.3) is 0 Å². The van der Waals surface area contributed by atoms with E-state index in [1.807, 2.05) is 6.20 Å². The standard InChI is InChI=1S/C19H33N/c1-4-6-8-9-11-15-19(3,14-10-7-5-2)18-13-12-16-20-17-18/h12-13,16-17H,4-11,14-15H2,1-3H3. The zero-order valence-corrected chi connectivity index (χ0v) is 13.8. The molecule has 0 saturated heterocycles. The van der Waals surface area contributed by atoms with E-state index in [1.165, 1.54) is 69.8 Å². The summed E-state index contributed by atoms with van der Waals surface area (Å²) in [4.78, 5) is 4.34. The lowest BCUT2D eigenvalue weighted by Gasteiger charge is -2.30. The van der Waals surface area contributed by atoms with Crippen LogP contribution in [0.5, 0.6) is 0 Å². The monoisotopic (exact) mass is 275 g/mol. The Balaban J connectivity index is 2.55. The zero-order chi connectivity index (χ0) is 14.7. The number of hydrogen-bond donors (Lipinski definition) is 0. The second-order valence-corrected chi connectivity index (χ2v) is 6.42. The normalized spacial score (nSPS) is 14.2. The lowest BCUT2D eigenvalue weighted by molar-refractivity contribution is 0.364. The van der Waals surface area contributed by atoms with Gasteiger partial charge in [-0.2, -0.15) is 0 Å². The molecule has 0 fully saturated rings. The largest absolute Gasteiger partial charge is 0.264 e. The van der Waals surface area contributed by atoms with Crippen molar-refractivity contribution in [3.05, 3.63) is 30.1 Å².